The first-order chi connectivity index (χ1) is 9.59. The lowest BCUT2D eigenvalue weighted by Crippen LogP contribution is -2.29. The molecule has 0 amide bonds. The second kappa shape index (κ2) is 6.51. The largest absolute Gasteiger partial charge is 0.480 e. The average molecular weight is 281 g/mol. The van der Waals surface area contributed by atoms with Gasteiger partial charge in [0.25, 0.3) is 0 Å². The molecule has 7 nitrogen and oxygen atoms in total. The predicted octanol–water partition coefficient (Wildman–Crippen LogP) is 0.852. The number of nitrogens with zero attached hydrogens (tertiary/aromatic N) is 2. The summed E-state index contributed by atoms with van der Waals surface area (Å²) in [6.45, 7) is 0. The minimum absolute atomic E-state index is 0.0311. The van der Waals surface area contributed by atoms with Crippen LogP contribution < -0.4 is 11.5 Å². The molecule has 3 N–H and O–H groups in total. The molecule has 0 saturated carbocycles. The maximum Gasteiger partial charge on any atom is 0.441 e. The highest BCUT2D eigenvalue weighted by Gasteiger charge is 2.21. The zero-order valence-electron chi connectivity index (χ0n) is 11.2. The summed E-state index contributed by atoms with van der Waals surface area (Å²) < 4.78 is 6.33. The molecule has 1 aliphatic heterocycles. The lowest BCUT2D eigenvalue weighted by molar-refractivity contribution is -0.138. The molecule has 2 unspecified atom stereocenters. The van der Waals surface area contributed by atoms with Gasteiger partial charge in [0.2, 0.25) is 0 Å². The maximum absolute atomic E-state index is 11.7. The van der Waals surface area contributed by atoms with E-state index in [2.05, 4.69) is 5.16 Å². The number of carboxylic acids is 1. The summed E-state index contributed by atoms with van der Waals surface area (Å²) in [5.74, 6) is -0.725. The van der Waals surface area contributed by atoms with Crippen LogP contribution in [-0.2, 0) is 11.2 Å². The van der Waals surface area contributed by atoms with E-state index >= 15 is 0 Å². The van der Waals surface area contributed by atoms with E-state index in [0.29, 0.717) is 12.2 Å². The number of fused-ring (bicyclic) bond motifs is 1. The molecule has 0 bridgehead atoms. The Morgan fingerprint density at radius 1 is 1.55 bits per heavy atom. The minimum atomic E-state index is -1.01. The maximum atomic E-state index is 11.7. The van der Waals surface area contributed by atoms with Crippen molar-refractivity contribution >= 4 is 5.97 Å². The Morgan fingerprint density at radius 3 is 3.10 bits per heavy atom. The van der Waals surface area contributed by atoms with Crippen molar-refractivity contribution in [3.8, 4) is 0 Å². The molecule has 0 aromatic carbocycles. The van der Waals surface area contributed by atoms with Crippen molar-refractivity contribution in [3.05, 3.63) is 28.5 Å². The van der Waals surface area contributed by atoms with E-state index in [0.717, 1.165) is 25.7 Å². The van der Waals surface area contributed by atoms with Gasteiger partial charge in [0.05, 0.1) is 0 Å². The van der Waals surface area contributed by atoms with Crippen LogP contribution in [0.15, 0.2) is 21.5 Å². The highest BCUT2D eigenvalue weighted by molar-refractivity contribution is 5.73. The summed E-state index contributed by atoms with van der Waals surface area (Å²) in [6.07, 6.45) is 8.25. The number of rotatable bonds is 5. The Labute approximate surface area is 116 Å². The van der Waals surface area contributed by atoms with Crippen LogP contribution in [0.4, 0.5) is 0 Å². The third kappa shape index (κ3) is 3.36. The number of allylic oxidation sites excluding steroid dienone is 1. The van der Waals surface area contributed by atoms with Crippen molar-refractivity contribution in [1.82, 2.24) is 9.72 Å². The molecule has 0 fully saturated rings. The molecule has 0 aliphatic carbocycles. The zero-order chi connectivity index (χ0) is 14.5. The topological polar surface area (TPSA) is 111 Å². The summed E-state index contributed by atoms with van der Waals surface area (Å²) in [4.78, 5) is 22.3. The summed E-state index contributed by atoms with van der Waals surface area (Å²) in [7, 11) is 0. The Balaban J connectivity index is 1.99. The van der Waals surface area contributed by atoms with Gasteiger partial charge in [0.15, 0.2) is 5.82 Å². The molecule has 2 atom stereocenters. The lowest BCUT2D eigenvalue weighted by Gasteiger charge is -2.13. The lowest BCUT2D eigenvalue weighted by atomic mass is 10.1. The summed E-state index contributed by atoms with van der Waals surface area (Å²) in [6, 6.07) is -0.849. The number of aromatic nitrogens is 2. The van der Waals surface area contributed by atoms with Gasteiger partial charge in [-0.3, -0.25) is 13.9 Å². The van der Waals surface area contributed by atoms with Gasteiger partial charge in [-0.25, -0.2) is 4.79 Å². The van der Waals surface area contributed by atoms with Gasteiger partial charge in [-0.15, -0.1) is 0 Å². The second-order valence-corrected chi connectivity index (χ2v) is 5.02. The first-order valence-electron chi connectivity index (χ1n) is 6.80. The fourth-order valence-electron chi connectivity index (χ4n) is 2.42. The fourth-order valence-corrected chi connectivity index (χ4v) is 2.42. The molecule has 110 valence electrons. The predicted molar refractivity (Wildman–Crippen MR) is 71.3 cm³/mol. The van der Waals surface area contributed by atoms with Crippen LogP contribution in [0.3, 0.4) is 0 Å². The highest BCUT2D eigenvalue weighted by Crippen LogP contribution is 2.24. The third-order valence-electron chi connectivity index (χ3n) is 3.54. The molecule has 1 aromatic rings. The van der Waals surface area contributed by atoms with Crippen molar-refractivity contribution in [2.24, 2.45) is 5.73 Å². The minimum Gasteiger partial charge on any atom is -0.480 e. The molecule has 0 spiro atoms. The van der Waals surface area contributed by atoms with Crippen molar-refractivity contribution < 1.29 is 14.4 Å². The summed E-state index contributed by atoms with van der Waals surface area (Å²) in [5, 5.41) is 12.5. The van der Waals surface area contributed by atoms with E-state index in [4.69, 9.17) is 15.4 Å². The van der Waals surface area contributed by atoms with Gasteiger partial charge in [0.1, 0.15) is 6.04 Å². The number of hydrogen-bond acceptors (Lipinski definition) is 5. The van der Waals surface area contributed by atoms with Crippen LogP contribution in [0.25, 0.3) is 0 Å². The van der Waals surface area contributed by atoms with Crippen molar-refractivity contribution in [1.29, 1.82) is 0 Å². The summed E-state index contributed by atoms with van der Waals surface area (Å²) in [5.41, 5.74) is 5.41. The van der Waals surface area contributed by atoms with Crippen LogP contribution in [0.5, 0.6) is 0 Å². The first-order valence-corrected chi connectivity index (χ1v) is 6.80. The molecule has 2 rings (SSSR count). The Morgan fingerprint density at radius 2 is 2.35 bits per heavy atom. The molecular weight excluding hydrogens is 262 g/mol. The molecule has 1 aromatic heterocycles. The van der Waals surface area contributed by atoms with Gasteiger partial charge in [-0.2, -0.15) is 0 Å². The number of aryl methyl sites for hydroxylation is 1. The number of hydrogen-bond donors (Lipinski definition) is 2. The van der Waals surface area contributed by atoms with Crippen LogP contribution in [0.1, 0.15) is 44.0 Å². The van der Waals surface area contributed by atoms with Gasteiger partial charge in [-0.05, 0) is 25.7 Å². The number of carboxylic acid groups (broad SMARTS) is 1. The fraction of sp³-hybridized carbons (Fsp3) is 0.615. The zero-order valence-corrected chi connectivity index (χ0v) is 11.2. The van der Waals surface area contributed by atoms with E-state index in [1.165, 1.54) is 0 Å². The second-order valence-electron chi connectivity index (χ2n) is 5.02. The van der Waals surface area contributed by atoms with Crippen molar-refractivity contribution in [2.75, 3.05) is 0 Å². The molecule has 0 radical (unpaired) electrons. The molecule has 2 heterocycles. The quantitative estimate of drug-likeness (QED) is 0.774. The Hall–Kier alpha value is -1.89. The van der Waals surface area contributed by atoms with Crippen LogP contribution in [0.2, 0.25) is 0 Å². The Bertz CT molecular complexity index is 546. The van der Waals surface area contributed by atoms with Crippen LogP contribution in [-0.4, -0.2) is 26.8 Å². The monoisotopic (exact) mass is 281 g/mol. The van der Waals surface area contributed by atoms with Crippen LogP contribution >= 0.6 is 0 Å². The molecule has 0 saturated heterocycles. The first kappa shape index (κ1) is 14.5. The molecular formula is C13H19N3O4. The molecule has 7 heteroatoms. The number of carbonyl (C=O) groups is 1. The van der Waals surface area contributed by atoms with E-state index in [-0.39, 0.29) is 12.5 Å². The number of aliphatic carboxylic acids is 1. The summed E-state index contributed by atoms with van der Waals surface area (Å²) >= 11 is 0. The van der Waals surface area contributed by atoms with Crippen molar-refractivity contribution in [2.45, 2.75) is 50.6 Å². The van der Waals surface area contributed by atoms with Gasteiger partial charge >= 0.3 is 11.7 Å². The third-order valence-corrected chi connectivity index (χ3v) is 3.54. The van der Waals surface area contributed by atoms with Gasteiger partial charge in [0, 0.05) is 12.5 Å². The van der Waals surface area contributed by atoms with Crippen LogP contribution in [0, 0.1) is 0 Å². The van der Waals surface area contributed by atoms with E-state index < -0.39 is 17.8 Å². The van der Waals surface area contributed by atoms with Crippen molar-refractivity contribution in [3.63, 3.8) is 0 Å². The number of nitrogens with two attached hydrogens (primary N) is 1. The standard InChI is InChI=1S/C13H19N3O4/c14-10(12(17)18)7-3-1-5-9-6-2-4-8-11-15-20-13(19)16(9)11/h1,3,9-10H,2,4-8,14H2,(H,17,18)/b3-1-. The highest BCUT2D eigenvalue weighted by atomic mass is 16.5. The average Bonchev–Trinajstić information content (AvgIpc) is 2.66. The van der Waals surface area contributed by atoms with Gasteiger partial charge < -0.3 is 10.8 Å². The SMILES string of the molecule is NC(C/C=C\CC1CCCCc2noc(=O)n21)C(=O)O. The molecule has 1 aliphatic rings. The molecule has 20 heavy (non-hydrogen) atoms. The van der Waals surface area contributed by atoms with E-state index in [1.54, 1.807) is 10.6 Å². The smallest absolute Gasteiger partial charge is 0.441 e. The van der Waals surface area contributed by atoms with E-state index in [1.807, 2.05) is 6.08 Å². The Kier molecular flexibility index (Phi) is 4.73. The van der Waals surface area contributed by atoms with E-state index in [9.17, 15) is 9.59 Å². The van der Waals surface area contributed by atoms with Gasteiger partial charge in [-0.1, -0.05) is 23.7 Å². The normalized spacial score (nSPS) is 20.6.